The van der Waals surface area contributed by atoms with Crippen molar-refractivity contribution in [3.8, 4) is 6.07 Å². The highest BCUT2D eigenvalue weighted by atomic mass is 32.1. The molecule has 0 aromatic carbocycles. The number of anilines is 1. The molecule has 0 spiro atoms. The molecule has 120 valence electrons. The van der Waals surface area contributed by atoms with E-state index in [0.29, 0.717) is 23.7 Å². The average Bonchev–Trinajstić information content (AvgIpc) is 3.02. The molecular weight excluding hydrogens is 310 g/mol. The fourth-order valence-corrected chi connectivity index (χ4v) is 4.13. The number of thiophene rings is 1. The average molecular weight is 329 g/mol. The number of carbonyl (C=O) groups excluding carboxylic acids is 1. The SMILES string of the molecule is CNC(=O)c1sc(N2CCOCC2)c(C#N)c1C1=CCCC=C1. The number of nitrogens with one attached hydrogen (secondary N) is 1. The summed E-state index contributed by atoms with van der Waals surface area (Å²) in [5, 5.41) is 13.3. The number of rotatable bonds is 3. The molecule has 2 heterocycles. The van der Waals surface area contributed by atoms with E-state index >= 15 is 0 Å². The molecule has 5 nitrogen and oxygen atoms in total. The lowest BCUT2D eigenvalue weighted by molar-refractivity contribution is 0.0967. The third-order valence-corrected chi connectivity index (χ3v) is 5.27. The molecule has 0 atom stereocenters. The first-order chi connectivity index (χ1) is 11.3. The monoisotopic (exact) mass is 329 g/mol. The van der Waals surface area contributed by atoms with Gasteiger partial charge in [0.1, 0.15) is 15.9 Å². The van der Waals surface area contributed by atoms with Gasteiger partial charge in [-0.2, -0.15) is 5.26 Å². The summed E-state index contributed by atoms with van der Waals surface area (Å²) in [5.41, 5.74) is 2.35. The second kappa shape index (κ2) is 6.99. The fraction of sp³-hybridized carbons (Fsp3) is 0.412. The first-order valence-electron chi connectivity index (χ1n) is 7.75. The van der Waals surface area contributed by atoms with Crippen molar-refractivity contribution in [2.45, 2.75) is 12.8 Å². The quantitative estimate of drug-likeness (QED) is 0.925. The van der Waals surface area contributed by atoms with E-state index in [0.717, 1.165) is 42.1 Å². The Morgan fingerprint density at radius 2 is 2.17 bits per heavy atom. The van der Waals surface area contributed by atoms with Crippen LogP contribution < -0.4 is 10.2 Å². The predicted molar refractivity (Wildman–Crippen MR) is 91.8 cm³/mol. The van der Waals surface area contributed by atoms with Gasteiger partial charge in [0.15, 0.2) is 0 Å². The molecule has 23 heavy (non-hydrogen) atoms. The van der Waals surface area contributed by atoms with Crippen molar-refractivity contribution >= 4 is 27.8 Å². The van der Waals surface area contributed by atoms with E-state index in [9.17, 15) is 10.1 Å². The lowest BCUT2D eigenvalue weighted by Gasteiger charge is -2.27. The largest absolute Gasteiger partial charge is 0.378 e. The maximum absolute atomic E-state index is 12.3. The molecule has 0 bridgehead atoms. The molecule has 0 unspecified atom stereocenters. The van der Waals surface area contributed by atoms with Gasteiger partial charge in [0.25, 0.3) is 5.91 Å². The fourth-order valence-electron chi connectivity index (χ4n) is 2.86. The zero-order chi connectivity index (χ0) is 16.2. The van der Waals surface area contributed by atoms with Gasteiger partial charge in [-0.1, -0.05) is 18.2 Å². The van der Waals surface area contributed by atoms with Crippen LogP contribution in [0.4, 0.5) is 5.00 Å². The Morgan fingerprint density at radius 1 is 1.39 bits per heavy atom. The lowest BCUT2D eigenvalue weighted by atomic mass is 9.96. The Kier molecular flexibility index (Phi) is 4.79. The summed E-state index contributed by atoms with van der Waals surface area (Å²) in [5.74, 6) is -0.138. The van der Waals surface area contributed by atoms with Crippen LogP contribution in [0, 0.1) is 11.3 Å². The summed E-state index contributed by atoms with van der Waals surface area (Å²) in [4.78, 5) is 15.1. The van der Waals surface area contributed by atoms with Crippen molar-refractivity contribution in [3.05, 3.63) is 34.2 Å². The Labute approximate surface area is 139 Å². The van der Waals surface area contributed by atoms with Crippen LogP contribution in [0.2, 0.25) is 0 Å². The van der Waals surface area contributed by atoms with E-state index in [1.165, 1.54) is 11.3 Å². The highest BCUT2D eigenvalue weighted by Gasteiger charge is 2.27. The Morgan fingerprint density at radius 3 is 2.78 bits per heavy atom. The topological polar surface area (TPSA) is 65.4 Å². The van der Waals surface area contributed by atoms with Crippen LogP contribution in [-0.4, -0.2) is 39.3 Å². The van der Waals surface area contributed by atoms with Crippen LogP contribution in [0.3, 0.4) is 0 Å². The standard InChI is InChI=1S/C17H19N3O2S/c1-19-16(21)15-14(12-5-3-2-4-6-12)13(11-18)17(23-15)20-7-9-22-10-8-20/h3,5-6H,2,4,7-10H2,1H3,(H,19,21). The van der Waals surface area contributed by atoms with E-state index in [2.05, 4.69) is 28.4 Å². The maximum Gasteiger partial charge on any atom is 0.261 e. The first kappa shape index (κ1) is 15.8. The molecule has 1 N–H and O–H groups in total. The van der Waals surface area contributed by atoms with Gasteiger partial charge in [-0.15, -0.1) is 11.3 Å². The molecule has 1 saturated heterocycles. The third kappa shape index (κ3) is 3.03. The number of carbonyl (C=O) groups is 1. The number of ether oxygens (including phenoxy) is 1. The number of nitriles is 1. The summed E-state index contributed by atoms with van der Waals surface area (Å²) in [6.45, 7) is 2.79. The van der Waals surface area contributed by atoms with E-state index in [-0.39, 0.29) is 5.91 Å². The molecule has 3 rings (SSSR count). The highest BCUT2D eigenvalue weighted by Crippen LogP contribution is 2.41. The Hall–Kier alpha value is -2.10. The highest BCUT2D eigenvalue weighted by molar-refractivity contribution is 7.18. The molecule has 0 saturated carbocycles. The lowest BCUT2D eigenvalue weighted by Crippen LogP contribution is -2.36. The van der Waals surface area contributed by atoms with Gasteiger partial charge < -0.3 is 15.0 Å². The molecule has 1 aromatic heterocycles. The van der Waals surface area contributed by atoms with E-state index < -0.39 is 0 Å². The molecule has 1 amide bonds. The summed E-state index contributed by atoms with van der Waals surface area (Å²) >= 11 is 1.40. The summed E-state index contributed by atoms with van der Waals surface area (Å²) in [6, 6.07) is 2.33. The van der Waals surface area contributed by atoms with Gasteiger partial charge in [-0.25, -0.2) is 0 Å². The molecule has 2 aliphatic rings. The number of amides is 1. The Bertz CT molecular complexity index is 706. The number of allylic oxidation sites excluding steroid dienone is 4. The smallest absolute Gasteiger partial charge is 0.261 e. The molecule has 1 aliphatic carbocycles. The molecule has 1 aliphatic heterocycles. The zero-order valence-electron chi connectivity index (χ0n) is 13.1. The van der Waals surface area contributed by atoms with Crippen molar-refractivity contribution in [1.29, 1.82) is 5.26 Å². The maximum atomic E-state index is 12.3. The normalized spacial score (nSPS) is 17.6. The second-order valence-corrected chi connectivity index (χ2v) is 6.41. The number of nitrogens with zero attached hydrogens (tertiary/aromatic N) is 2. The van der Waals surface area contributed by atoms with Crippen LogP contribution in [-0.2, 0) is 4.74 Å². The zero-order valence-corrected chi connectivity index (χ0v) is 13.9. The van der Waals surface area contributed by atoms with Crippen LogP contribution in [0.1, 0.15) is 33.6 Å². The molecule has 1 aromatic rings. The van der Waals surface area contributed by atoms with Crippen molar-refractivity contribution in [2.24, 2.45) is 0 Å². The van der Waals surface area contributed by atoms with Crippen LogP contribution in [0.25, 0.3) is 5.57 Å². The molecule has 0 radical (unpaired) electrons. The number of hydrogen-bond donors (Lipinski definition) is 1. The first-order valence-corrected chi connectivity index (χ1v) is 8.56. The Balaban J connectivity index is 2.13. The minimum absolute atomic E-state index is 0.138. The van der Waals surface area contributed by atoms with Crippen molar-refractivity contribution in [1.82, 2.24) is 5.32 Å². The van der Waals surface area contributed by atoms with Gasteiger partial charge >= 0.3 is 0 Å². The van der Waals surface area contributed by atoms with Crippen LogP contribution >= 0.6 is 11.3 Å². The van der Waals surface area contributed by atoms with E-state index in [4.69, 9.17) is 4.74 Å². The summed E-state index contributed by atoms with van der Waals surface area (Å²) in [6.07, 6.45) is 8.16. The van der Waals surface area contributed by atoms with Gasteiger partial charge in [0, 0.05) is 25.7 Å². The number of hydrogen-bond acceptors (Lipinski definition) is 5. The number of morpholine rings is 1. The van der Waals surface area contributed by atoms with E-state index in [1.54, 1.807) is 7.05 Å². The third-order valence-electron chi connectivity index (χ3n) is 4.02. The minimum Gasteiger partial charge on any atom is -0.378 e. The second-order valence-electron chi connectivity index (χ2n) is 5.42. The minimum atomic E-state index is -0.138. The van der Waals surface area contributed by atoms with Crippen molar-refractivity contribution < 1.29 is 9.53 Å². The van der Waals surface area contributed by atoms with Gasteiger partial charge in [-0.3, -0.25) is 4.79 Å². The van der Waals surface area contributed by atoms with Crippen molar-refractivity contribution in [2.75, 3.05) is 38.3 Å². The summed E-state index contributed by atoms with van der Waals surface area (Å²) in [7, 11) is 1.62. The predicted octanol–water partition coefficient (Wildman–Crippen LogP) is 2.55. The van der Waals surface area contributed by atoms with Gasteiger partial charge in [0.2, 0.25) is 0 Å². The molecular formula is C17H19N3O2S. The van der Waals surface area contributed by atoms with Gasteiger partial charge in [-0.05, 0) is 18.4 Å². The molecule has 1 fully saturated rings. The van der Waals surface area contributed by atoms with Crippen LogP contribution in [0.5, 0.6) is 0 Å². The van der Waals surface area contributed by atoms with Crippen LogP contribution in [0.15, 0.2) is 18.2 Å². The van der Waals surface area contributed by atoms with E-state index in [1.807, 2.05) is 6.08 Å². The van der Waals surface area contributed by atoms with Gasteiger partial charge in [0.05, 0.1) is 18.8 Å². The summed E-state index contributed by atoms with van der Waals surface area (Å²) < 4.78 is 5.39. The van der Waals surface area contributed by atoms with Crippen molar-refractivity contribution in [3.63, 3.8) is 0 Å². The molecule has 6 heteroatoms.